The second kappa shape index (κ2) is 7.29. The van der Waals surface area contributed by atoms with E-state index in [1.807, 2.05) is 54.1 Å². The van der Waals surface area contributed by atoms with Crippen molar-refractivity contribution in [2.75, 3.05) is 0 Å². The monoisotopic (exact) mass is 336 g/mol. The first-order valence-electron chi connectivity index (χ1n) is 7.98. The van der Waals surface area contributed by atoms with Crippen LogP contribution in [0, 0.1) is 6.92 Å². The molecule has 0 bridgehead atoms. The molecule has 4 N–H and O–H groups in total. The highest BCUT2D eigenvalue weighted by Gasteiger charge is 2.08. The number of hydroxylamine groups is 1. The SMILES string of the molecule is Cc1cc(-c2ccc(CN)cc2)nn1Cc1ccc(C(=O)NO)cc1. The standard InChI is InChI=1S/C19H20N4O2/c1-13-10-18(16-6-2-14(11-20)3-7-16)21-23(13)12-15-4-8-17(9-5-15)19(24)22-25/h2-10,25H,11-12,20H2,1H3,(H,22,24). The zero-order valence-corrected chi connectivity index (χ0v) is 13.9. The zero-order valence-electron chi connectivity index (χ0n) is 13.9. The van der Waals surface area contributed by atoms with Gasteiger partial charge in [0, 0.05) is 23.4 Å². The van der Waals surface area contributed by atoms with Crippen molar-refractivity contribution in [2.45, 2.75) is 20.0 Å². The van der Waals surface area contributed by atoms with Gasteiger partial charge in [0.2, 0.25) is 0 Å². The van der Waals surface area contributed by atoms with Gasteiger partial charge in [-0.2, -0.15) is 5.10 Å². The molecule has 0 aliphatic carbocycles. The smallest absolute Gasteiger partial charge is 0.274 e. The van der Waals surface area contributed by atoms with Gasteiger partial charge < -0.3 is 5.73 Å². The number of benzene rings is 2. The zero-order chi connectivity index (χ0) is 17.8. The molecule has 0 atom stereocenters. The number of hydrogen-bond acceptors (Lipinski definition) is 4. The predicted molar refractivity (Wildman–Crippen MR) is 95.1 cm³/mol. The summed E-state index contributed by atoms with van der Waals surface area (Å²) in [5.41, 5.74) is 12.8. The molecule has 2 aromatic carbocycles. The van der Waals surface area contributed by atoms with Crippen molar-refractivity contribution < 1.29 is 10.0 Å². The average Bonchev–Trinajstić information content (AvgIpc) is 3.02. The molecule has 3 aromatic rings. The molecule has 6 nitrogen and oxygen atoms in total. The highest BCUT2D eigenvalue weighted by atomic mass is 16.5. The second-order valence-electron chi connectivity index (χ2n) is 5.87. The van der Waals surface area contributed by atoms with Crippen molar-refractivity contribution in [2.24, 2.45) is 5.73 Å². The number of carbonyl (C=O) groups excluding carboxylic acids is 1. The van der Waals surface area contributed by atoms with E-state index in [2.05, 4.69) is 5.10 Å². The topological polar surface area (TPSA) is 93.2 Å². The van der Waals surface area contributed by atoms with Crippen LogP contribution in [0.1, 0.15) is 27.2 Å². The van der Waals surface area contributed by atoms with E-state index in [1.165, 1.54) is 0 Å². The van der Waals surface area contributed by atoms with Crippen LogP contribution in [-0.4, -0.2) is 20.9 Å². The number of carbonyl (C=O) groups is 1. The predicted octanol–water partition coefficient (Wildman–Crippen LogP) is 2.48. The minimum absolute atomic E-state index is 0.407. The molecule has 0 fully saturated rings. The molecule has 6 heteroatoms. The molecule has 0 aliphatic rings. The quantitative estimate of drug-likeness (QED) is 0.493. The van der Waals surface area contributed by atoms with E-state index in [-0.39, 0.29) is 0 Å². The van der Waals surface area contributed by atoms with E-state index < -0.39 is 5.91 Å². The minimum atomic E-state index is -0.523. The Morgan fingerprint density at radius 3 is 2.36 bits per heavy atom. The Balaban J connectivity index is 1.79. The third-order valence-corrected chi connectivity index (χ3v) is 4.12. The molecule has 1 aromatic heterocycles. The van der Waals surface area contributed by atoms with E-state index in [4.69, 9.17) is 10.9 Å². The maximum Gasteiger partial charge on any atom is 0.274 e. The molecule has 0 saturated carbocycles. The van der Waals surface area contributed by atoms with Gasteiger partial charge in [0.05, 0.1) is 12.2 Å². The van der Waals surface area contributed by atoms with Crippen LogP contribution in [0.3, 0.4) is 0 Å². The van der Waals surface area contributed by atoms with E-state index in [0.717, 1.165) is 28.1 Å². The summed E-state index contributed by atoms with van der Waals surface area (Å²) in [6, 6.07) is 17.2. The number of hydrogen-bond donors (Lipinski definition) is 3. The summed E-state index contributed by atoms with van der Waals surface area (Å²) in [4.78, 5) is 11.4. The number of nitrogens with two attached hydrogens (primary N) is 1. The Bertz CT molecular complexity index is 867. The van der Waals surface area contributed by atoms with E-state index >= 15 is 0 Å². The van der Waals surface area contributed by atoms with Gasteiger partial charge in [-0.05, 0) is 36.2 Å². The summed E-state index contributed by atoms with van der Waals surface area (Å²) in [5.74, 6) is -0.523. The summed E-state index contributed by atoms with van der Waals surface area (Å²) < 4.78 is 1.92. The van der Waals surface area contributed by atoms with Gasteiger partial charge in [-0.3, -0.25) is 14.7 Å². The molecule has 0 radical (unpaired) electrons. The molecule has 0 saturated heterocycles. The second-order valence-corrected chi connectivity index (χ2v) is 5.87. The van der Waals surface area contributed by atoms with Crippen LogP contribution in [0.15, 0.2) is 54.6 Å². The summed E-state index contributed by atoms with van der Waals surface area (Å²) in [7, 11) is 0. The third-order valence-electron chi connectivity index (χ3n) is 4.12. The lowest BCUT2D eigenvalue weighted by Crippen LogP contribution is -2.18. The summed E-state index contributed by atoms with van der Waals surface area (Å²) in [6.07, 6.45) is 0. The molecule has 0 spiro atoms. The Kier molecular flexibility index (Phi) is 4.92. The highest BCUT2D eigenvalue weighted by Crippen LogP contribution is 2.20. The summed E-state index contributed by atoms with van der Waals surface area (Å²) in [5, 5.41) is 13.3. The third kappa shape index (κ3) is 3.76. The van der Waals surface area contributed by atoms with Crippen molar-refractivity contribution in [1.82, 2.24) is 15.3 Å². The molecule has 0 aliphatic heterocycles. The lowest BCUT2D eigenvalue weighted by Gasteiger charge is -2.06. The van der Waals surface area contributed by atoms with Crippen LogP contribution < -0.4 is 11.2 Å². The Labute approximate surface area is 145 Å². The van der Waals surface area contributed by atoms with Crippen LogP contribution in [0.2, 0.25) is 0 Å². The largest absolute Gasteiger partial charge is 0.326 e. The van der Waals surface area contributed by atoms with Crippen LogP contribution in [0.5, 0.6) is 0 Å². The van der Waals surface area contributed by atoms with Gasteiger partial charge in [-0.15, -0.1) is 0 Å². The van der Waals surface area contributed by atoms with Gasteiger partial charge >= 0.3 is 0 Å². The van der Waals surface area contributed by atoms with Gasteiger partial charge in [-0.1, -0.05) is 36.4 Å². The molecular weight excluding hydrogens is 316 g/mol. The first-order chi connectivity index (χ1) is 12.1. The molecular formula is C19H20N4O2. The fourth-order valence-electron chi connectivity index (χ4n) is 2.62. The van der Waals surface area contributed by atoms with Crippen molar-refractivity contribution in [3.05, 3.63) is 77.0 Å². The Morgan fingerprint density at radius 1 is 1.12 bits per heavy atom. The van der Waals surface area contributed by atoms with Gasteiger partial charge in [-0.25, -0.2) is 5.48 Å². The summed E-state index contributed by atoms with van der Waals surface area (Å²) in [6.45, 7) is 3.14. The van der Waals surface area contributed by atoms with Crippen LogP contribution >= 0.6 is 0 Å². The van der Waals surface area contributed by atoms with Crippen LogP contribution in [-0.2, 0) is 13.1 Å². The van der Waals surface area contributed by atoms with Crippen molar-refractivity contribution in [1.29, 1.82) is 0 Å². The molecule has 128 valence electrons. The maximum absolute atomic E-state index is 11.4. The van der Waals surface area contributed by atoms with E-state index in [1.54, 1.807) is 17.6 Å². The number of nitrogens with one attached hydrogen (secondary N) is 1. The first kappa shape index (κ1) is 16.9. The van der Waals surface area contributed by atoms with E-state index in [9.17, 15) is 4.79 Å². The maximum atomic E-state index is 11.4. The van der Waals surface area contributed by atoms with Gasteiger partial charge in [0.15, 0.2) is 0 Å². The fraction of sp³-hybridized carbons (Fsp3) is 0.158. The molecule has 1 amide bonds. The number of rotatable bonds is 5. The Hall–Kier alpha value is -2.96. The molecule has 1 heterocycles. The van der Waals surface area contributed by atoms with Crippen LogP contribution in [0.25, 0.3) is 11.3 Å². The molecule has 25 heavy (non-hydrogen) atoms. The van der Waals surface area contributed by atoms with Crippen molar-refractivity contribution in [3.8, 4) is 11.3 Å². The van der Waals surface area contributed by atoms with Crippen molar-refractivity contribution in [3.63, 3.8) is 0 Å². The van der Waals surface area contributed by atoms with Crippen molar-refractivity contribution >= 4 is 5.91 Å². The van der Waals surface area contributed by atoms with Gasteiger partial charge in [0.25, 0.3) is 5.91 Å². The number of amides is 1. The lowest BCUT2D eigenvalue weighted by atomic mass is 10.1. The molecule has 0 unspecified atom stereocenters. The van der Waals surface area contributed by atoms with E-state index in [0.29, 0.717) is 18.7 Å². The lowest BCUT2D eigenvalue weighted by molar-refractivity contribution is 0.0706. The fourth-order valence-corrected chi connectivity index (χ4v) is 2.62. The minimum Gasteiger partial charge on any atom is -0.326 e. The number of aromatic nitrogens is 2. The van der Waals surface area contributed by atoms with Crippen LogP contribution in [0.4, 0.5) is 0 Å². The molecule has 3 rings (SSSR count). The summed E-state index contributed by atoms with van der Waals surface area (Å²) >= 11 is 0. The normalized spacial score (nSPS) is 10.7. The number of aryl methyl sites for hydroxylation is 1. The highest BCUT2D eigenvalue weighted by molar-refractivity contribution is 5.93. The Morgan fingerprint density at radius 2 is 1.76 bits per heavy atom. The number of nitrogens with zero attached hydrogens (tertiary/aromatic N) is 2. The first-order valence-corrected chi connectivity index (χ1v) is 7.98. The average molecular weight is 336 g/mol. The van der Waals surface area contributed by atoms with Gasteiger partial charge in [0.1, 0.15) is 0 Å².